The number of hydrogen-bond donors (Lipinski definition) is 4. The van der Waals surface area contributed by atoms with Gasteiger partial charge in [-0.05, 0) is 121 Å². The Morgan fingerprint density at radius 1 is 0.452 bits per heavy atom. The van der Waals surface area contributed by atoms with Crippen molar-refractivity contribution in [3.8, 4) is 23.0 Å². The molecule has 2 fully saturated rings. The molecule has 4 aromatic rings. The van der Waals surface area contributed by atoms with E-state index in [1.54, 1.807) is 30.3 Å². The summed E-state index contributed by atoms with van der Waals surface area (Å²) in [5, 5.41) is 42.3. The van der Waals surface area contributed by atoms with Gasteiger partial charge in [0.1, 0.15) is 23.0 Å². The van der Waals surface area contributed by atoms with Crippen LogP contribution in [-0.4, -0.2) is 20.4 Å². The summed E-state index contributed by atoms with van der Waals surface area (Å²) in [6.07, 6.45) is 5.12. The van der Waals surface area contributed by atoms with Crippen LogP contribution >= 0.6 is 46.4 Å². The largest absolute Gasteiger partial charge is 0.506 e. The van der Waals surface area contributed by atoms with E-state index < -0.39 is 10.8 Å². The van der Waals surface area contributed by atoms with Gasteiger partial charge < -0.3 is 20.4 Å². The molecule has 4 N–H and O–H groups in total. The molecule has 0 spiro atoms. The van der Waals surface area contributed by atoms with Gasteiger partial charge in [-0.3, -0.25) is 0 Å². The maximum absolute atomic E-state index is 10.6. The van der Waals surface area contributed by atoms with E-state index >= 15 is 0 Å². The number of phenolic OH excluding ortho intramolecular Hbond substituents is 4. The van der Waals surface area contributed by atoms with Crippen molar-refractivity contribution in [1.29, 1.82) is 0 Å². The zero-order chi connectivity index (χ0) is 29.8. The van der Waals surface area contributed by atoms with Crippen LogP contribution in [0.15, 0.2) is 72.8 Å². The van der Waals surface area contributed by atoms with Gasteiger partial charge in [0.2, 0.25) is 0 Å². The second kappa shape index (κ2) is 11.1. The second-order valence-corrected chi connectivity index (χ2v) is 13.5. The summed E-state index contributed by atoms with van der Waals surface area (Å²) in [6, 6.07) is 21.7. The van der Waals surface area contributed by atoms with Crippen LogP contribution < -0.4 is 0 Å². The first-order chi connectivity index (χ1) is 20.0. The molecule has 4 aromatic carbocycles. The fraction of sp³-hybridized carbons (Fsp3) is 0.294. The van der Waals surface area contributed by atoms with E-state index in [9.17, 15) is 20.4 Å². The lowest BCUT2D eigenvalue weighted by Crippen LogP contribution is -2.45. The molecule has 218 valence electrons. The van der Waals surface area contributed by atoms with Crippen LogP contribution in [0.5, 0.6) is 23.0 Å². The van der Waals surface area contributed by atoms with E-state index in [0.717, 1.165) is 60.8 Å². The zero-order valence-corrected chi connectivity index (χ0v) is 25.6. The van der Waals surface area contributed by atoms with Crippen molar-refractivity contribution in [3.63, 3.8) is 0 Å². The van der Waals surface area contributed by atoms with Gasteiger partial charge in [-0.25, -0.2) is 0 Å². The quantitative estimate of drug-likeness (QED) is 0.178. The zero-order valence-electron chi connectivity index (χ0n) is 22.6. The molecule has 0 aliphatic heterocycles. The summed E-state index contributed by atoms with van der Waals surface area (Å²) in [5.74, 6) is 0.865. The first-order valence-corrected chi connectivity index (χ1v) is 15.5. The van der Waals surface area contributed by atoms with Gasteiger partial charge in [-0.15, -0.1) is 0 Å². The smallest absolute Gasteiger partial charge is 0.134 e. The number of phenols is 4. The molecule has 4 nitrogen and oxygen atoms in total. The summed E-state index contributed by atoms with van der Waals surface area (Å²) in [5.41, 5.74) is 3.15. The fourth-order valence-electron chi connectivity index (χ4n) is 7.58. The second-order valence-electron chi connectivity index (χ2n) is 11.8. The Kier molecular flexibility index (Phi) is 7.72. The van der Waals surface area contributed by atoms with E-state index in [4.69, 9.17) is 46.4 Å². The number of fused-ring (bicyclic) bond motifs is 1. The highest BCUT2D eigenvalue weighted by atomic mass is 35.5. The maximum atomic E-state index is 10.6. The van der Waals surface area contributed by atoms with Gasteiger partial charge >= 0.3 is 0 Å². The molecule has 2 aliphatic rings. The summed E-state index contributed by atoms with van der Waals surface area (Å²) in [7, 11) is 0. The molecular weight excluding hydrogens is 614 g/mol. The molecule has 0 aromatic heterocycles. The molecule has 8 heteroatoms. The molecule has 0 saturated heterocycles. The number of hydrogen-bond acceptors (Lipinski definition) is 4. The molecule has 6 rings (SSSR count). The van der Waals surface area contributed by atoms with Gasteiger partial charge in [0.25, 0.3) is 0 Å². The van der Waals surface area contributed by atoms with E-state index in [2.05, 4.69) is 0 Å². The third kappa shape index (κ3) is 4.97. The van der Waals surface area contributed by atoms with E-state index in [1.807, 2.05) is 42.5 Å². The minimum absolute atomic E-state index is 0.0331. The maximum Gasteiger partial charge on any atom is 0.134 e. The van der Waals surface area contributed by atoms with Crippen LogP contribution in [0.1, 0.15) is 60.8 Å². The third-order valence-electron chi connectivity index (χ3n) is 9.77. The van der Waals surface area contributed by atoms with Crippen LogP contribution in [0, 0.1) is 11.8 Å². The minimum Gasteiger partial charge on any atom is -0.506 e. The highest BCUT2D eigenvalue weighted by molar-refractivity contribution is 6.33. The molecule has 3 unspecified atom stereocenters. The highest BCUT2D eigenvalue weighted by Crippen LogP contribution is 2.59. The average Bonchev–Trinajstić information content (AvgIpc) is 2.98. The Balaban J connectivity index is 1.42. The molecular formula is C34H30Cl4O4. The van der Waals surface area contributed by atoms with E-state index in [1.165, 1.54) is 0 Å². The number of benzene rings is 4. The standard InChI is InChI=1S/C34H30Cl4O4/c35-25-5-1-24(16-32(25)42)34(23-4-8-31(41)28(38)15-23)12-10-19-17-33(11-9-20(19)18-34,21-2-6-29(39)26(36)13-21)22-3-7-30(40)27(37)14-22/h1-8,13-16,19-20,39-42H,9-12,17-18H2. The summed E-state index contributed by atoms with van der Waals surface area (Å²) in [6.45, 7) is 0. The molecule has 3 atom stereocenters. The van der Waals surface area contributed by atoms with Gasteiger partial charge in [-0.2, -0.15) is 0 Å². The van der Waals surface area contributed by atoms with Crippen molar-refractivity contribution < 1.29 is 20.4 Å². The molecule has 42 heavy (non-hydrogen) atoms. The topological polar surface area (TPSA) is 80.9 Å². The van der Waals surface area contributed by atoms with Crippen LogP contribution in [0.25, 0.3) is 0 Å². The summed E-state index contributed by atoms with van der Waals surface area (Å²) in [4.78, 5) is 0. The van der Waals surface area contributed by atoms with Gasteiger partial charge in [-0.1, -0.05) is 70.7 Å². The SMILES string of the molecule is Oc1cc(C2(c3ccc(O)c(Cl)c3)CCC3CC(c4ccc(O)c(Cl)c4)(c4ccc(O)c(Cl)c4)CCC3C2)ccc1Cl. The third-order valence-corrected chi connectivity index (χ3v) is 11.0. The predicted molar refractivity (Wildman–Crippen MR) is 169 cm³/mol. The predicted octanol–water partition coefficient (Wildman–Crippen LogP) is 10.00. The molecule has 2 saturated carbocycles. The Hall–Kier alpha value is -2.76. The first kappa shape index (κ1) is 29.3. The van der Waals surface area contributed by atoms with Crippen LogP contribution in [0.3, 0.4) is 0 Å². The first-order valence-electron chi connectivity index (χ1n) is 14.0. The van der Waals surface area contributed by atoms with Crippen molar-refractivity contribution >= 4 is 46.4 Å². The monoisotopic (exact) mass is 642 g/mol. The van der Waals surface area contributed by atoms with Gasteiger partial charge in [0.15, 0.2) is 0 Å². The van der Waals surface area contributed by atoms with Crippen molar-refractivity contribution in [2.75, 3.05) is 0 Å². The van der Waals surface area contributed by atoms with Crippen LogP contribution in [0.4, 0.5) is 0 Å². The lowest BCUT2D eigenvalue weighted by Gasteiger charge is -2.52. The van der Waals surface area contributed by atoms with E-state index in [-0.39, 0.29) is 23.0 Å². The fourth-order valence-corrected chi connectivity index (χ4v) is 8.24. The van der Waals surface area contributed by atoms with Gasteiger partial charge in [0, 0.05) is 10.8 Å². The summed E-state index contributed by atoms with van der Waals surface area (Å²) >= 11 is 25.5. The van der Waals surface area contributed by atoms with Crippen molar-refractivity contribution in [2.45, 2.75) is 49.4 Å². The number of halogens is 4. The number of rotatable bonds is 4. The minimum atomic E-state index is -0.426. The van der Waals surface area contributed by atoms with Crippen molar-refractivity contribution in [1.82, 2.24) is 0 Å². The lowest BCUT2D eigenvalue weighted by molar-refractivity contribution is 0.0908. The highest BCUT2D eigenvalue weighted by Gasteiger charge is 2.50. The molecule has 0 bridgehead atoms. The summed E-state index contributed by atoms with van der Waals surface area (Å²) < 4.78 is 0. The van der Waals surface area contributed by atoms with Crippen LogP contribution in [0.2, 0.25) is 20.1 Å². The molecule has 0 radical (unpaired) electrons. The molecule has 0 amide bonds. The van der Waals surface area contributed by atoms with Crippen LogP contribution in [-0.2, 0) is 10.8 Å². The average molecular weight is 644 g/mol. The normalized spacial score (nSPS) is 23.3. The van der Waals surface area contributed by atoms with Crippen molar-refractivity contribution in [3.05, 3.63) is 115 Å². The Bertz CT molecular complexity index is 1440. The Morgan fingerprint density at radius 3 is 1.17 bits per heavy atom. The number of aromatic hydroxyl groups is 4. The lowest BCUT2D eigenvalue weighted by atomic mass is 9.51. The van der Waals surface area contributed by atoms with Crippen molar-refractivity contribution in [2.24, 2.45) is 11.8 Å². The Morgan fingerprint density at radius 2 is 0.810 bits per heavy atom. The molecule has 0 heterocycles. The van der Waals surface area contributed by atoms with Gasteiger partial charge in [0.05, 0.1) is 20.1 Å². The molecule has 2 aliphatic carbocycles. The Labute approximate surface area is 265 Å². The van der Waals surface area contributed by atoms with E-state index in [0.29, 0.717) is 31.9 Å².